The van der Waals surface area contributed by atoms with Crippen LogP contribution in [0.2, 0.25) is 0 Å². The van der Waals surface area contributed by atoms with Gasteiger partial charge in [-0.1, -0.05) is 34.7 Å². The molecule has 3 heterocycles. The summed E-state index contributed by atoms with van der Waals surface area (Å²) in [5, 5.41) is 4.05. The molecule has 5 aromatic rings. The molecule has 35 heavy (non-hydrogen) atoms. The van der Waals surface area contributed by atoms with Gasteiger partial charge in [0.1, 0.15) is 17.7 Å². The van der Waals surface area contributed by atoms with Gasteiger partial charge in [-0.15, -0.1) is 0 Å². The third-order valence-electron chi connectivity index (χ3n) is 6.12. The van der Waals surface area contributed by atoms with Crippen LogP contribution in [-0.2, 0) is 4.43 Å². The smallest absolute Gasteiger partial charge is 0.280 e. The Morgan fingerprint density at radius 1 is 1.14 bits per heavy atom. The number of hydrogen-bond donors (Lipinski definition) is 3. The summed E-state index contributed by atoms with van der Waals surface area (Å²) >= 11 is 2.25. The van der Waals surface area contributed by atoms with Gasteiger partial charge >= 0.3 is 0 Å². The van der Waals surface area contributed by atoms with Crippen LogP contribution < -0.4 is 16.3 Å². The molecule has 1 aliphatic rings. The lowest BCUT2D eigenvalue weighted by molar-refractivity contribution is 0.596. The molecular weight excluding hydrogens is 562 g/mol. The summed E-state index contributed by atoms with van der Waals surface area (Å²) in [6.45, 7) is 0. The molecule has 1 atom stereocenters. The van der Waals surface area contributed by atoms with E-state index in [4.69, 9.17) is 4.98 Å². The average Bonchev–Trinajstić information content (AvgIpc) is 3.60. The quantitative estimate of drug-likeness (QED) is 0.190. The summed E-state index contributed by atoms with van der Waals surface area (Å²) in [5.41, 5.74) is 6.33. The van der Waals surface area contributed by atoms with E-state index in [1.807, 2.05) is 18.2 Å². The van der Waals surface area contributed by atoms with Crippen molar-refractivity contribution in [2.24, 2.45) is 5.92 Å². The summed E-state index contributed by atoms with van der Waals surface area (Å²) in [5.74, 6) is 1.01. The number of H-pyrrole nitrogens is 1. The first-order valence-electron chi connectivity index (χ1n) is 11.2. The standard InChI is InChI=1S/C24H20FIN8O/c25-15-6-8-16(9-7-15)33-34-23(31-17-3-1-2-14(10-26)18(17)24(34)35)19(13-4-5-13)32-22-20-21(28-11-27-20)29-12-30-22/h1-3,6-9,11-13,19,33H,4-5,10H2,(H2,27,28,29,30,32). The highest BCUT2D eigenvalue weighted by molar-refractivity contribution is 14.1. The molecule has 1 fully saturated rings. The molecule has 1 aliphatic carbocycles. The number of halogens is 2. The number of aromatic amines is 1. The van der Waals surface area contributed by atoms with Gasteiger partial charge in [0.05, 0.1) is 29.0 Å². The zero-order valence-electron chi connectivity index (χ0n) is 18.4. The Morgan fingerprint density at radius 3 is 2.74 bits per heavy atom. The second-order valence-corrected chi connectivity index (χ2v) is 9.22. The number of nitrogens with one attached hydrogen (secondary N) is 3. The van der Waals surface area contributed by atoms with E-state index in [0.29, 0.717) is 43.8 Å². The predicted molar refractivity (Wildman–Crippen MR) is 140 cm³/mol. The zero-order valence-corrected chi connectivity index (χ0v) is 20.5. The molecule has 1 unspecified atom stereocenters. The maximum absolute atomic E-state index is 13.9. The van der Waals surface area contributed by atoms with Crippen molar-refractivity contribution in [1.29, 1.82) is 0 Å². The highest BCUT2D eigenvalue weighted by Gasteiger charge is 2.37. The van der Waals surface area contributed by atoms with Crippen LogP contribution in [0, 0.1) is 11.7 Å². The molecule has 0 amide bonds. The second kappa shape index (κ2) is 8.87. The van der Waals surface area contributed by atoms with Crippen LogP contribution in [0.3, 0.4) is 0 Å². The lowest BCUT2D eigenvalue weighted by Gasteiger charge is -2.24. The number of rotatable bonds is 7. The maximum Gasteiger partial charge on any atom is 0.280 e. The Balaban J connectivity index is 1.53. The second-order valence-electron chi connectivity index (χ2n) is 8.46. The highest BCUT2D eigenvalue weighted by Crippen LogP contribution is 2.42. The molecule has 176 valence electrons. The Morgan fingerprint density at radius 2 is 1.97 bits per heavy atom. The molecule has 9 nitrogen and oxygen atoms in total. The number of nitrogens with zero attached hydrogens (tertiary/aromatic N) is 5. The van der Waals surface area contributed by atoms with Crippen LogP contribution in [0.15, 0.2) is 59.9 Å². The van der Waals surface area contributed by atoms with Gasteiger partial charge in [0, 0.05) is 4.43 Å². The minimum Gasteiger partial charge on any atom is -0.358 e. The van der Waals surface area contributed by atoms with Gasteiger partial charge in [0.15, 0.2) is 17.3 Å². The molecule has 3 aromatic heterocycles. The van der Waals surface area contributed by atoms with Gasteiger partial charge in [-0.2, -0.15) is 0 Å². The molecule has 2 aromatic carbocycles. The van der Waals surface area contributed by atoms with Gasteiger partial charge in [-0.25, -0.2) is 29.0 Å². The van der Waals surface area contributed by atoms with Gasteiger partial charge in [-0.05, 0) is 54.7 Å². The van der Waals surface area contributed by atoms with Crippen molar-refractivity contribution >= 4 is 56.2 Å². The van der Waals surface area contributed by atoms with E-state index < -0.39 is 0 Å². The van der Waals surface area contributed by atoms with E-state index in [2.05, 4.69) is 53.3 Å². The van der Waals surface area contributed by atoms with Crippen molar-refractivity contribution < 1.29 is 4.39 Å². The van der Waals surface area contributed by atoms with Crippen LogP contribution in [0.4, 0.5) is 15.9 Å². The largest absolute Gasteiger partial charge is 0.358 e. The van der Waals surface area contributed by atoms with Crippen molar-refractivity contribution in [3.63, 3.8) is 0 Å². The van der Waals surface area contributed by atoms with Gasteiger partial charge in [-0.3, -0.25) is 10.2 Å². The number of anilines is 2. The van der Waals surface area contributed by atoms with Gasteiger partial charge in [0.25, 0.3) is 5.56 Å². The third-order valence-corrected chi connectivity index (χ3v) is 6.94. The Hall–Kier alpha value is -3.61. The molecule has 0 aliphatic heterocycles. The third kappa shape index (κ3) is 4.09. The average molecular weight is 582 g/mol. The number of hydrogen-bond acceptors (Lipinski definition) is 7. The summed E-state index contributed by atoms with van der Waals surface area (Å²) in [6, 6.07) is 11.3. The zero-order chi connectivity index (χ0) is 23.9. The molecule has 3 N–H and O–H groups in total. The van der Waals surface area contributed by atoms with Crippen molar-refractivity contribution in [1.82, 2.24) is 29.6 Å². The van der Waals surface area contributed by atoms with E-state index in [0.717, 1.165) is 18.4 Å². The molecule has 0 bridgehead atoms. The Kier molecular flexibility index (Phi) is 5.55. The minimum atomic E-state index is -0.351. The van der Waals surface area contributed by atoms with Crippen LogP contribution >= 0.6 is 22.6 Å². The van der Waals surface area contributed by atoms with Crippen LogP contribution in [-0.4, -0.2) is 29.6 Å². The van der Waals surface area contributed by atoms with E-state index in [1.54, 1.807) is 18.5 Å². The molecular formula is C24H20FIN8O. The van der Waals surface area contributed by atoms with Crippen molar-refractivity contribution in [3.8, 4) is 0 Å². The highest BCUT2D eigenvalue weighted by atomic mass is 127. The van der Waals surface area contributed by atoms with E-state index in [1.165, 1.54) is 23.1 Å². The molecule has 0 saturated heterocycles. The summed E-state index contributed by atoms with van der Waals surface area (Å²) in [6.07, 6.45) is 5.02. The minimum absolute atomic E-state index is 0.207. The number of imidazole rings is 1. The fourth-order valence-corrected chi connectivity index (χ4v) is 4.87. The SMILES string of the molecule is O=c1c2c(CI)cccc2nc(C(Nc2ncnc3[nH]cnc23)C2CC2)n1Nc1ccc(F)cc1. The number of alkyl halides is 1. The van der Waals surface area contributed by atoms with Crippen LogP contribution in [0.1, 0.15) is 30.3 Å². The van der Waals surface area contributed by atoms with Gasteiger partial charge in [0.2, 0.25) is 0 Å². The van der Waals surface area contributed by atoms with Gasteiger partial charge < -0.3 is 10.3 Å². The normalized spacial score (nSPS) is 14.3. The van der Waals surface area contributed by atoms with Crippen LogP contribution in [0.25, 0.3) is 22.1 Å². The van der Waals surface area contributed by atoms with E-state index in [-0.39, 0.29) is 23.3 Å². The van der Waals surface area contributed by atoms with E-state index in [9.17, 15) is 9.18 Å². The fraction of sp³-hybridized carbons (Fsp3) is 0.208. The van der Waals surface area contributed by atoms with Crippen LogP contribution in [0.5, 0.6) is 0 Å². The molecule has 11 heteroatoms. The van der Waals surface area contributed by atoms with Crippen molar-refractivity contribution in [2.45, 2.75) is 23.3 Å². The molecule has 0 spiro atoms. The summed E-state index contributed by atoms with van der Waals surface area (Å²) < 4.78 is 15.7. The topological polar surface area (TPSA) is 113 Å². The monoisotopic (exact) mass is 582 g/mol. The Bertz CT molecular complexity index is 1600. The summed E-state index contributed by atoms with van der Waals surface area (Å²) in [4.78, 5) is 34.8. The first-order chi connectivity index (χ1) is 17.1. The molecule has 6 rings (SSSR count). The van der Waals surface area contributed by atoms with E-state index >= 15 is 0 Å². The first-order valence-corrected chi connectivity index (χ1v) is 12.7. The molecule has 1 saturated carbocycles. The predicted octanol–water partition coefficient (Wildman–Crippen LogP) is 4.58. The summed E-state index contributed by atoms with van der Waals surface area (Å²) in [7, 11) is 0. The maximum atomic E-state index is 13.9. The Labute approximate surface area is 212 Å². The fourth-order valence-electron chi connectivity index (χ4n) is 4.24. The lowest BCUT2D eigenvalue weighted by Crippen LogP contribution is -2.35. The molecule has 0 radical (unpaired) electrons. The van der Waals surface area contributed by atoms with Crippen molar-refractivity contribution in [3.05, 3.63) is 82.7 Å². The number of aromatic nitrogens is 6. The lowest BCUT2D eigenvalue weighted by atomic mass is 10.1. The number of benzene rings is 2. The number of fused-ring (bicyclic) bond motifs is 2. The van der Waals surface area contributed by atoms with Crippen molar-refractivity contribution in [2.75, 3.05) is 10.7 Å². The first kappa shape index (κ1) is 21.9.